The Bertz CT molecular complexity index is 872. The predicted octanol–water partition coefficient (Wildman–Crippen LogP) is 4.77. The quantitative estimate of drug-likeness (QED) is 0.561. The number of nitrogens with one attached hydrogen (secondary N) is 1. The van der Waals surface area contributed by atoms with Crippen molar-refractivity contribution in [3.05, 3.63) is 60.2 Å². The Balaban J connectivity index is 0.00000169. The van der Waals surface area contributed by atoms with Gasteiger partial charge in [-0.1, -0.05) is 54.6 Å². The predicted molar refractivity (Wildman–Crippen MR) is 104 cm³/mol. The first-order chi connectivity index (χ1) is 11.1. The normalized spacial score (nSPS) is 12.1. The van der Waals surface area contributed by atoms with E-state index in [1.807, 2.05) is 13.8 Å². The van der Waals surface area contributed by atoms with E-state index in [1.165, 1.54) is 38.6 Å². The Labute approximate surface area is 148 Å². The molecule has 0 saturated heterocycles. The molecule has 0 amide bonds. The van der Waals surface area contributed by atoms with Crippen LogP contribution in [0.5, 0.6) is 0 Å². The minimum Gasteiger partial charge on any atom is -0.394 e. The van der Waals surface area contributed by atoms with Crippen LogP contribution in [0.15, 0.2) is 54.6 Å². The number of benzene rings is 3. The topological polar surface area (TPSA) is 32.3 Å². The minimum atomic E-state index is -0.272. The van der Waals surface area contributed by atoms with Crippen LogP contribution >= 0.6 is 12.4 Å². The van der Waals surface area contributed by atoms with Gasteiger partial charge in [-0.15, -0.1) is 12.4 Å². The van der Waals surface area contributed by atoms with Crippen LogP contribution in [0.2, 0.25) is 0 Å². The van der Waals surface area contributed by atoms with Crippen molar-refractivity contribution in [1.29, 1.82) is 0 Å². The third-order valence-corrected chi connectivity index (χ3v) is 4.79. The van der Waals surface area contributed by atoms with Gasteiger partial charge in [-0.05, 0) is 52.4 Å². The van der Waals surface area contributed by atoms with E-state index in [4.69, 9.17) is 0 Å². The van der Waals surface area contributed by atoms with Gasteiger partial charge in [-0.3, -0.25) is 0 Å². The first kappa shape index (κ1) is 17.0. The molecule has 1 aliphatic carbocycles. The lowest BCUT2D eigenvalue weighted by molar-refractivity contribution is 0.187. The molecule has 4 rings (SSSR count). The van der Waals surface area contributed by atoms with E-state index in [0.29, 0.717) is 0 Å². The van der Waals surface area contributed by atoms with Crippen molar-refractivity contribution >= 4 is 23.2 Å². The molecule has 2 nitrogen and oxygen atoms in total. The smallest absolute Gasteiger partial charge is 0.0607 e. The molecule has 0 aliphatic heterocycles. The Morgan fingerprint density at radius 1 is 0.833 bits per heavy atom. The molecule has 24 heavy (non-hydrogen) atoms. The highest BCUT2D eigenvalue weighted by atomic mass is 35.5. The van der Waals surface area contributed by atoms with Crippen LogP contribution in [0.1, 0.15) is 19.4 Å². The van der Waals surface area contributed by atoms with Gasteiger partial charge in [0.05, 0.1) is 6.61 Å². The van der Waals surface area contributed by atoms with Crippen LogP contribution in [0.3, 0.4) is 0 Å². The highest BCUT2D eigenvalue weighted by molar-refractivity contribution is 6.15. The molecule has 3 heteroatoms. The molecule has 0 radical (unpaired) electrons. The van der Waals surface area contributed by atoms with Crippen molar-refractivity contribution < 1.29 is 5.11 Å². The van der Waals surface area contributed by atoms with Gasteiger partial charge < -0.3 is 10.4 Å². The Morgan fingerprint density at radius 3 is 2.12 bits per heavy atom. The van der Waals surface area contributed by atoms with E-state index in [0.717, 1.165) is 6.54 Å². The van der Waals surface area contributed by atoms with Gasteiger partial charge in [0.15, 0.2) is 0 Å². The number of hydrogen-bond donors (Lipinski definition) is 2. The highest BCUT2D eigenvalue weighted by Crippen LogP contribution is 2.47. The molecule has 1 aliphatic rings. The Kier molecular flexibility index (Phi) is 4.39. The number of halogens is 1. The maximum atomic E-state index is 9.44. The summed E-state index contributed by atoms with van der Waals surface area (Å²) in [5, 5.41) is 15.5. The van der Waals surface area contributed by atoms with E-state index in [9.17, 15) is 5.11 Å². The molecule has 2 N–H and O–H groups in total. The molecule has 124 valence electrons. The van der Waals surface area contributed by atoms with Crippen molar-refractivity contribution in [2.75, 3.05) is 6.61 Å². The van der Waals surface area contributed by atoms with Gasteiger partial charge in [-0.2, -0.15) is 0 Å². The van der Waals surface area contributed by atoms with Crippen molar-refractivity contribution in [2.45, 2.75) is 25.9 Å². The summed E-state index contributed by atoms with van der Waals surface area (Å²) in [6.45, 7) is 4.91. The molecule has 0 saturated carbocycles. The van der Waals surface area contributed by atoms with Gasteiger partial charge in [-0.25, -0.2) is 0 Å². The fraction of sp³-hybridized carbons (Fsp3) is 0.238. The number of hydrogen-bond acceptors (Lipinski definition) is 2. The second-order valence-electron chi connectivity index (χ2n) is 6.94. The number of aliphatic hydroxyl groups is 1. The van der Waals surface area contributed by atoms with Crippen LogP contribution in [-0.4, -0.2) is 17.3 Å². The second kappa shape index (κ2) is 6.21. The van der Waals surface area contributed by atoms with Crippen LogP contribution in [-0.2, 0) is 6.54 Å². The molecule has 0 heterocycles. The molecule has 0 atom stereocenters. The maximum absolute atomic E-state index is 9.44. The summed E-state index contributed by atoms with van der Waals surface area (Å²) in [5.41, 5.74) is 6.32. The highest BCUT2D eigenvalue weighted by Gasteiger charge is 2.22. The Hall–Kier alpha value is -1.87. The standard InChI is InChI=1S/C21H21NO.ClH/c1-21(2,13-23)22-12-14-10-11-19-17-7-4-3-6-16(17)18-9-5-8-15(14)20(18)19;/h3-11,22-23H,12-13H2,1-2H3;1H. The van der Waals surface area contributed by atoms with Crippen molar-refractivity contribution in [3.63, 3.8) is 0 Å². The minimum absolute atomic E-state index is 0. The number of rotatable bonds is 4. The second-order valence-corrected chi connectivity index (χ2v) is 6.94. The summed E-state index contributed by atoms with van der Waals surface area (Å²) in [6, 6.07) is 19.6. The van der Waals surface area contributed by atoms with E-state index < -0.39 is 0 Å². The summed E-state index contributed by atoms with van der Waals surface area (Å²) in [5.74, 6) is 0. The SMILES string of the molecule is CC(C)(CO)NCc1ccc2c3c(cccc13)-c1ccccc1-2.Cl. The zero-order valence-corrected chi connectivity index (χ0v) is 14.8. The van der Waals surface area contributed by atoms with E-state index in [1.54, 1.807) is 0 Å². The molecule has 0 bridgehead atoms. The summed E-state index contributed by atoms with van der Waals surface area (Å²) in [6.07, 6.45) is 0. The summed E-state index contributed by atoms with van der Waals surface area (Å²) < 4.78 is 0. The van der Waals surface area contributed by atoms with Gasteiger partial charge in [0.25, 0.3) is 0 Å². The lowest BCUT2D eigenvalue weighted by atomic mass is 9.97. The molecular weight excluding hydrogens is 318 g/mol. The molecule has 0 unspecified atom stereocenters. The van der Waals surface area contributed by atoms with Crippen LogP contribution in [0, 0.1) is 0 Å². The molecule has 3 aromatic carbocycles. The van der Waals surface area contributed by atoms with Crippen molar-refractivity contribution in [3.8, 4) is 22.3 Å². The Morgan fingerprint density at radius 2 is 1.46 bits per heavy atom. The van der Waals surface area contributed by atoms with Crippen LogP contribution in [0.25, 0.3) is 33.0 Å². The van der Waals surface area contributed by atoms with Crippen LogP contribution < -0.4 is 5.32 Å². The first-order valence-electron chi connectivity index (χ1n) is 8.11. The van der Waals surface area contributed by atoms with Gasteiger partial charge in [0.1, 0.15) is 0 Å². The molecule has 0 fully saturated rings. The number of fused-ring (bicyclic) bond motifs is 3. The fourth-order valence-electron chi connectivity index (χ4n) is 3.41. The van der Waals surface area contributed by atoms with Crippen LogP contribution in [0.4, 0.5) is 0 Å². The third kappa shape index (κ3) is 2.61. The van der Waals surface area contributed by atoms with E-state index >= 15 is 0 Å². The zero-order valence-electron chi connectivity index (χ0n) is 14.0. The fourth-order valence-corrected chi connectivity index (χ4v) is 3.41. The lowest BCUT2D eigenvalue weighted by Crippen LogP contribution is -2.42. The maximum Gasteiger partial charge on any atom is 0.0607 e. The van der Waals surface area contributed by atoms with Crippen molar-refractivity contribution in [1.82, 2.24) is 5.32 Å². The lowest BCUT2D eigenvalue weighted by Gasteiger charge is -2.24. The zero-order chi connectivity index (χ0) is 16.0. The molecular formula is C21H22ClNO. The number of aliphatic hydroxyl groups excluding tert-OH is 1. The molecule has 0 aromatic heterocycles. The van der Waals surface area contributed by atoms with Gasteiger partial charge in [0, 0.05) is 12.1 Å². The van der Waals surface area contributed by atoms with E-state index in [2.05, 4.69) is 59.9 Å². The molecule has 3 aromatic rings. The summed E-state index contributed by atoms with van der Waals surface area (Å²) >= 11 is 0. The monoisotopic (exact) mass is 339 g/mol. The third-order valence-electron chi connectivity index (χ3n) is 4.79. The first-order valence-corrected chi connectivity index (χ1v) is 8.11. The molecule has 0 spiro atoms. The largest absolute Gasteiger partial charge is 0.394 e. The average molecular weight is 340 g/mol. The van der Waals surface area contributed by atoms with Gasteiger partial charge >= 0.3 is 0 Å². The average Bonchev–Trinajstić information content (AvgIpc) is 2.91. The van der Waals surface area contributed by atoms with Gasteiger partial charge in [0.2, 0.25) is 0 Å². The summed E-state index contributed by atoms with van der Waals surface area (Å²) in [7, 11) is 0. The van der Waals surface area contributed by atoms with Crippen molar-refractivity contribution in [2.24, 2.45) is 0 Å². The summed E-state index contributed by atoms with van der Waals surface area (Å²) in [4.78, 5) is 0. The van der Waals surface area contributed by atoms with E-state index in [-0.39, 0.29) is 24.6 Å².